The van der Waals surface area contributed by atoms with Crippen LogP contribution in [-0.2, 0) is 0 Å². The van der Waals surface area contributed by atoms with E-state index in [0.717, 1.165) is 61.2 Å². The Morgan fingerprint density at radius 2 is 0.930 bits per heavy atom. The minimum Gasteiger partial charge on any atom is -0.497 e. The van der Waals surface area contributed by atoms with Crippen LogP contribution in [0.25, 0.3) is 33.7 Å². The van der Waals surface area contributed by atoms with Gasteiger partial charge in [0.15, 0.2) is 0 Å². The van der Waals surface area contributed by atoms with Gasteiger partial charge in [-0.1, -0.05) is 60.7 Å². The number of hydrogen-bond donors (Lipinski definition) is 0. The van der Waals surface area contributed by atoms with Crippen LogP contribution in [0.3, 0.4) is 0 Å². The Morgan fingerprint density at radius 3 is 1.42 bits per heavy atom. The van der Waals surface area contributed by atoms with E-state index >= 15 is 0 Å². The van der Waals surface area contributed by atoms with E-state index in [-0.39, 0.29) is 0 Å². The molecular formula is C38H27N3O2. The summed E-state index contributed by atoms with van der Waals surface area (Å²) in [5.74, 6) is 1.60. The number of rotatable bonds is 7. The molecule has 206 valence electrons. The largest absolute Gasteiger partial charge is 0.497 e. The molecule has 0 aromatic heterocycles. The van der Waals surface area contributed by atoms with Crippen LogP contribution in [0.4, 0.5) is 17.1 Å². The van der Waals surface area contributed by atoms with E-state index in [9.17, 15) is 10.5 Å². The molecule has 0 aliphatic carbocycles. The summed E-state index contributed by atoms with van der Waals surface area (Å²) in [6.07, 6.45) is 4.08. The van der Waals surface area contributed by atoms with Gasteiger partial charge in [0.1, 0.15) is 23.6 Å². The van der Waals surface area contributed by atoms with Crippen molar-refractivity contribution in [3.63, 3.8) is 0 Å². The first-order valence-corrected chi connectivity index (χ1v) is 13.8. The van der Waals surface area contributed by atoms with Crippen molar-refractivity contribution in [1.82, 2.24) is 0 Å². The van der Waals surface area contributed by atoms with Crippen molar-refractivity contribution in [2.45, 2.75) is 0 Å². The summed E-state index contributed by atoms with van der Waals surface area (Å²) in [6, 6.07) is 42.5. The third-order valence-corrected chi connectivity index (χ3v) is 7.55. The third kappa shape index (κ3) is 5.24. The van der Waals surface area contributed by atoms with E-state index in [2.05, 4.69) is 41.3 Å². The van der Waals surface area contributed by atoms with Crippen LogP contribution in [0.2, 0.25) is 0 Å². The van der Waals surface area contributed by atoms with E-state index in [1.54, 1.807) is 14.2 Å². The average Bonchev–Trinajstić information content (AvgIpc) is 3.07. The first-order chi connectivity index (χ1) is 21.1. The van der Waals surface area contributed by atoms with Crippen molar-refractivity contribution < 1.29 is 9.47 Å². The van der Waals surface area contributed by atoms with Gasteiger partial charge >= 0.3 is 0 Å². The maximum atomic E-state index is 10.0. The zero-order valence-corrected chi connectivity index (χ0v) is 23.8. The summed E-state index contributed by atoms with van der Waals surface area (Å²) < 4.78 is 10.7. The predicted molar refractivity (Wildman–Crippen MR) is 174 cm³/mol. The fourth-order valence-corrected chi connectivity index (χ4v) is 5.38. The van der Waals surface area contributed by atoms with Gasteiger partial charge in [-0.2, -0.15) is 10.5 Å². The summed E-state index contributed by atoms with van der Waals surface area (Å²) >= 11 is 0. The summed E-state index contributed by atoms with van der Waals surface area (Å²) in [7, 11) is 3.32. The number of methoxy groups -OCH3 is 2. The number of ether oxygens (including phenoxy) is 2. The lowest BCUT2D eigenvalue weighted by molar-refractivity contribution is 0.415. The van der Waals surface area contributed by atoms with Crippen molar-refractivity contribution >= 4 is 50.8 Å². The van der Waals surface area contributed by atoms with Crippen LogP contribution in [0, 0.1) is 22.7 Å². The van der Waals surface area contributed by atoms with Crippen molar-refractivity contribution in [3.05, 3.63) is 138 Å². The second-order valence-corrected chi connectivity index (χ2v) is 9.98. The molecule has 0 fully saturated rings. The molecule has 0 bridgehead atoms. The maximum absolute atomic E-state index is 10.0. The van der Waals surface area contributed by atoms with E-state index in [0.29, 0.717) is 11.1 Å². The van der Waals surface area contributed by atoms with Crippen LogP contribution in [0.15, 0.2) is 115 Å². The second-order valence-electron chi connectivity index (χ2n) is 9.98. The molecule has 0 aliphatic rings. The van der Waals surface area contributed by atoms with E-state index in [1.807, 2.05) is 103 Å². The van der Waals surface area contributed by atoms with Gasteiger partial charge in [0, 0.05) is 38.6 Å². The number of hydrogen-bond acceptors (Lipinski definition) is 5. The lowest BCUT2D eigenvalue weighted by atomic mass is 9.91. The predicted octanol–water partition coefficient (Wildman–Crippen LogP) is 9.39. The lowest BCUT2D eigenvalue weighted by Gasteiger charge is -2.26. The van der Waals surface area contributed by atoms with E-state index < -0.39 is 0 Å². The normalized spacial score (nSPS) is 10.9. The monoisotopic (exact) mass is 557 g/mol. The zero-order valence-electron chi connectivity index (χ0n) is 23.8. The third-order valence-electron chi connectivity index (χ3n) is 7.55. The van der Waals surface area contributed by atoms with Gasteiger partial charge in [0.25, 0.3) is 0 Å². The van der Waals surface area contributed by atoms with Gasteiger partial charge in [-0.25, -0.2) is 0 Å². The van der Waals surface area contributed by atoms with Gasteiger partial charge in [-0.15, -0.1) is 0 Å². The van der Waals surface area contributed by atoms with Gasteiger partial charge in [0.05, 0.1) is 25.3 Å². The molecule has 0 N–H and O–H groups in total. The van der Waals surface area contributed by atoms with Crippen molar-refractivity contribution in [2.75, 3.05) is 19.1 Å². The Kier molecular flexibility index (Phi) is 7.47. The molecule has 0 spiro atoms. The Labute approximate surface area is 250 Å². The molecule has 0 atom stereocenters. The van der Waals surface area contributed by atoms with Crippen LogP contribution in [0.1, 0.15) is 22.3 Å². The lowest BCUT2D eigenvalue weighted by Crippen LogP contribution is -2.09. The number of nitrogens with zero attached hydrogens (tertiary/aromatic N) is 3. The van der Waals surface area contributed by atoms with Crippen LogP contribution in [0.5, 0.6) is 11.5 Å². The zero-order chi connectivity index (χ0) is 29.8. The van der Waals surface area contributed by atoms with Gasteiger partial charge in [0.2, 0.25) is 0 Å². The fourth-order valence-electron chi connectivity index (χ4n) is 5.38. The standard InChI is InChI=1S/C38H27N3O2/c1-42-31-18-14-29(15-19-31)41(30-16-20-32(43-2)21-17-30)28-12-9-26(10-13-28)7-8-27-11-22-35-36(23-27)38(25-40)34-6-4-3-5-33(34)37(35)24-39/h3-23H,1-2H3/b8-7-. The van der Waals surface area contributed by atoms with Gasteiger partial charge < -0.3 is 14.4 Å². The molecule has 6 aromatic carbocycles. The Morgan fingerprint density at radius 1 is 0.512 bits per heavy atom. The fraction of sp³-hybridized carbons (Fsp3) is 0.0526. The number of fused-ring (bicyclic) bond motifs is 2. The van der Waals surface area contributed by atoms with Crippen molar-refractivity contribution in [1.29, 1.82) is 10.5 Å². The van der Waals surface area contributed by atoms with Crippen LogP contribution < -0.4 is 14.4 Å². The highest BCUT2D eigenvalue weighted by Gasteiger charge is 2.15. The van der Waals surface area contributed by atoms with Crippen LogP contribution >= 0.6 is 0 Å². The quantitative estimate of drug-likeness (QED) is 0.144. The molecule has 6 rings (SSSR count). The maximum Gasteiger partial charge on any atom is 0.119 e. The van der Waals surface area contributed by atoms with E-state index in [4.69, 9.17) is 9.47 Å². The molecule has 0 saturated carbocycles. The SMILES string of the molecule is COc1ccc(N(c2ccc(/C=C\c3ccc4c(C#N)c5ccccc5c(C#N)c4c3)cc2)c2ccc(OC)cc2)cc1. The Hall–Kier alpha value is -6.04. The molecule has 0 heterocycles. The first kappa shape index (κ1) is 27.1. The molecule has 0 unspecified atom stereocenters. The minimum absolute atomic E-state index is 0.585. The topological polar surface area (TPSA) is 69.3 Å². The highest BCUT2D eigenvalue weighted by atomic mass is 16.5. The highest BCUT2D eigenvalue weighted by molar-refractivity contribution is 6.09. The van der Waals surface area contributed by atoms with Crippen LogP contribution in [-0.4, -0.2) is 14.2 Å². The second kappa shape index (κ2) is 11.8. The van der Waals surface area contributed by atoms with Crippen molar-refractivity contribution in [3.8, 4) is 23.6 Å². The minimum atomic E-state index is 0.585. The molecule has 0 radical (unpaired) electrons. The highest BCUT2D eigenvalue weighted by Crippen LogP contribution is 2.37. The summed E-state index contributed by atoms with van der Waals surface area (Å²) in [6.45, 7) is 0. The summed E-state index contributed by atoms with van der Waals surface area (Å²) in [5.41, 5.74) is 6.17. The summed E-state index contributed by atoms with van der Waals surface area (Å²) in [5, 5.41) is 23.1. The molecule has 0 aliphatic heterocycles. The average molecular weight is 558 g/mol. The molecule has 0 saturated heterocycles. The molecular weight excluding hydrogens is 530 g/mol. The first-order valence-electron chi connectivity index (χ1n) is 13.8. The molecule has 6 aromatic rings. The van der Waals surface area contributed by atoms with Gasteiger partial charge in [-0.3, -0.25) is 0 Å². The van der Waals surface area contributed by atoms with E-state index in [1.165, 1.54) is 0 Å². The molecule has 0 amide bonds. The molecule has 5 heteroatoms. The smallest absolute Gasteiger partial charge is 0.119 e. The number of nitriles is 2. The van der Waals surface area contributed by atoms with Crippen molar-refractivity contribution in [2.24, 2.45) is 0 Å². The molecule has 5 nitrogen and oxygen atoms in total. The van der Waals surface area contributed by atoms with Gasteiger partial charge in [-0.05, 0) is 77.9 Å². The number of benzene rings is 6. The number of anilines is 3. The summed E-state index contributed by atoms with van der Waals surface area (Å²) in [4.78, 5) is 2.18. The molecule has 43 heavy (non-hydrogen) atoms. The Bertz CT molecular complexity index is 2000. The Balaban J connectivity index is 1.34.